The molecule has 1 amide bonds. The molecule has 4 nitrogen and oxygen atoms in total. The Balaban J connectivity index is 1.93. The molecule has 0 atom stereocenters. The lowest BCUT2D eigenvalue weighted by molar-refractivity contribution is -0.336. The number of amides is 1. The van der Waals surface area contributed by atoms with Gasteiger partial charge in [0, 0.05) is 11.8 Å². The minimum atomic E-state index is -10.2. The quantitative estimate of drug-likeness (QED) is 0.648. The van der Waals surface area contributed by atoms with Gasteiger partial charge in [0.05, 0.1) is 15.9 Å². The highest BCUT2D eigenvalue weighted by Crippen LogP contribution is 3.02. The molecule has 3 aliphatic rings. The van der Waals surface area contributed by atoms with E-state index < -0.39 is 77.7 Å². The molecule has 3 aliphatic carbocycles. The van der Waals surface area contributed by atoms with Gasteiger partial charge in [0.2, 0.25) is 0 Å². The van der Waals surface area contributed by atoms with Crippen LogP contribution in [-0.4, -0.2) is 32.3 Å². The second-order valence-corrected chi connectivity index (χ2v) is 11.8. The van der Waals surface area contributed by atoms with Crippen LogP contribution in [0.5, 0.6) is 0 Å². The Morgan fingerprint density at radius 3 is 1.96 bits per heavy atom. The fraction of sp³-hybridized carbons (Fsp3) is 0.500. The summed E-state index contributed by atoms with van der Waals surface area (Å²) in [5.74, 6) is -1.25. The summed E-state index contributed by atoms with van der Waals surface area (Å²) in [4.78, 5) is 8.53. The lowest BCUT2D eigenvalue weighted by atomic mass is 9.39. The van der Waals surface area contributed by atoms with Gasteiger partial charge in [-0.3, -0.25) is 4.79 Å². The molecule has 1 aromatic rings. The monoisotopic (exact) mass is 459 g/mol. The fourth-order valence-electron chi connectivity index (χ4n) is 3.77. The molecule has 0 heterocycles. The smallest absolute Gasteiger partial charge is 0.346 e. The molecule has 0 aliphatic heterocycles. The summed E-state index contributed by atoms with van der Waals surface area (Å²) in [6.07, 6.45) is -5.36. The van der Waals surface area contributed by atoms with E-state index in [0.29, 0.717) is 6.26 Å². The zero-order valence-corrected chi connectivity index (χ0v) is 15.6. The van der Waals surface area contributed by atoms with Crippen LogP contribution in [0.25, 0.3) is 0 Å². The largest absolute Gasteiger partial charge is 0.394 e. The number of sulfone groups is 1. The normalized spacial score (nSPS) is 29.8. The Labute approximate surface area is 153 Å². The van der Waals surface area contributed by atoms with Gasteiger partial charge in [0.1, 0.15) is 4.90 Å². The summed E-state index contributed by atoms with van der Waals surface area (Å²) < 4.78 is 127. The van der Waals surface area contributed by atoms with Crippen LogP contribution in [0, 0.1) is 5.41 Å². The first kappa shape index (κ1) is 21.1. The van der Waals surface area contributed by atoms with Crippen LogP contribution >= 0.6 is 10.2 Å². The molecule has 0 unspecified atom stereocenters. The van der Waals surface area contributed by atoms with Gasteiger partial charge in [-0.1, -0.05) is 19.4 Å². The van der Waals surface area contributed by atoms with Gasteiger partial charge >= 0.3 is 16.4 Å². The molecule has 1 N–H and O–H groups in total. The highest BCUT2D eigenvalue weighted by molar-refractivity contribution is 8.45. The molecule has 28 heavy (non-hydrogen) atoms. The van der Waals surface area contributed by atoms with Crippen LogP contribution in [0.3, 0.4) is 0 Å². The third-order valence-corrected chi connectivity index (χ3v) is 7.33. The number of halogens is 8. The first-order valence-electron chi connectivity index (χ1n) is 7.55. The van der Waals surface area contributed by atoms with Crippen molar-refractivity contribution in [2.24, 2.45) is 5.41 Å². The number of nitrogens with one attached hydrogen (secondary N) is 1. The molecule has 0 aromatic heterocycles. The maximum Gasteiger partial charge on any atom is 0.394 e. The van der Waals surface area contributed by atoms with Gasteiger partial charge < -0.3 is 5.32 Å². The van der Waals surface area contributed by atoms with E-state index in [-0.39, 0.29) is 18.2 Å². The molecule has 0 spiro atoms. The van der Waals surface area contributed by atoms with Gasteiger partial charge in [-0.15, -0.1) is 0 Å². The summed E-state index contributed by atoms with van der Waals surface area (Å²) in [6.45, 7) is 0. The standard InChI is InChI=1S/C14H13F8NO3S2/c1-27(25,26)10-4-8(28(18,19,20,21)22)2-3-9(10)11(24)23-13-5-12(6-13,7-13)14(15,16)17/h2-4H,5-7H2,1H3,(H,23,24). The van der Waals surface area contributed by atoms with Crippen LogP contribution in [0.2, 0.25) is 0 Å². The maximum atomic E-state index is 12.9. The maximum absolute atomic E-state index is 12.9. The van der Waals surface area contributed by atoms with Crippen molar-refractivity contribution in [3.63, 3.8) is 0 Å². The second kappa shape index (κ2) is 4.77. The number of benzene rings is 1. The van der Waals surface area contributed by atoms with Gasteiger partial charge in [0.15, 0.2) is 9.84 Å². The fourth-order valence-corrected chi connectivity index (χ4v) is 5.41. The third-order valence-electron chi connectivity index (χ3n) is 5.05. The van der Waals surface area contributed by atoms with E-state index in [1.807, 2.05) is 0 Å². The number of hydrogen-bond acceptors (Lipinski definition) is 3. The Morgan fingerprint density at radius 2 is 1.57 bits per heavy atom. The van der Waals surface area contributed by atoms with Gasteiger partial charge in [-0.25, -0.2) is 8.42 Å². The van der Waals surface area contributed by atoms with Crippen LogP contribution in [-0.2, 0) is 9.84 Å². The second-order valence-electron chi connectivity index (χ2n) is 7.44. The molecule has 3 fully saturated rings. The van der Waals surface area contributed by atoms with Crippen LogP contribution in [0.1, 0.15) is 29.6 Å². The molecular formula is C14H13F8NO3S2. The van der Waals surface area contributed by atoms with E-state index in [9.17, 15) is 45.8 Å². The number of carbonyl (C=O) groups excluding carboxylic acids is 1. The number of carbonyl (C=O) groups is 1. The van der Waals surface area contributed by atoms with E-state index in [1.165, 1.54) is 0 Å². The van der Waals surface area contributed by atoms with Gasteiger partial charge in [-0.2, -0.15) is 13.2 Å². The van der Waals surface area contributed by atoms with E-state index in [0.717, 1.165) is 0 Å². The number of hydrogen-bond donors (Lipinski definition) is 1. The average molecular weight is 459 g/mol. The highest BCUT2D eigenvalue weighted by atomic mass is 32.5. The van der Waals surface area contributed by atoms with Crippen molar-refractivity contribution in [2.75, 3.05) is 6.26 Å². The molecule has 0 radical (unpaired) electrons. The minimum absolute atomic E-state index is 0.121. The zero-order chi connectivity index (χ0) is 21.7. The van der Waals surface area contributed by atoms with E-state index >= 15 is 0 Å². The van der Waals surface area contributed by atoms with Crippen molar-refractivity contribution in [3.8, 4) is 0 Å². The molecule has 0 saturated heterocycles. The van der Waals surface area contributed by atoms with E-state index in [4.69, 9.17) is 0 Å². The minimum Gasteiger partial charge on any atom is -0.346 e. The first-order valence-corrected chi connectivity index (χ1v) is 11.4. The first-order chi connectivity index (χ1) is 12.1. The lowest BCUT2D eigenvalue weighted by Gasteiger charge is -2.70. The molecular weight excluding hydrogens is 446 g/mol. The van der Waals surface area contributed by atoms with Crippen LogP contribution in [0.4, 0.5) is 32.6 Å². The van der Waals surface area contributed by atoms with Crippen molar-refractivity contribution in [1.82, 2.24) is 5.32 Å². The topological polar surface area (TPSA) is 63.2 Å². The Bertz CT molecular complexity index is 979. The predicted molar refractivity (Wildman–Crippen MR) is 83.5 cm³/mol. The third kappa shape index (κ3) is 3.33. The van der Waals surface area contributed by atoms with Crippen molar-refractivity contribution in [3.05, 3.63) is 23.8 Å². The van der Waals surface area contributed by atoms with Crippen LogP contribution in [0.15, 0.2) is 28.0 Å². The number of rotatable bonds is 4. The average Bonchev–Trinajstić information content (AvgIpc) is 2.35. The Hall–Kier alpha value is -1.57. The summed E-state index contributed by atoms with van der Waals surface area (Å²) in [5.41, 5.74) is -4.01. The molecule has 14 heteroatoms. The highest BCUT2D eigenvalue weighted by Gasteiger charge is 2.79. The van der Waals surface area contributed by atoms with E-state index in [2.05, 4.69) is 5.32 Å². The molecule has 3 saturated carbocycles. The summed E-state index contributed by atoms with van der Waals surface area (Å²) in [6, 6.07) is -0.167. The van der Waals surface area contributed by atoms with Crippen molar-refractivity contribution in [2.45, 2.75) is 40.8 Å². The molecule has 160 valence electrons. The molecule has 4 rings (SSSR count). The summed E-state index contributed by atoms with van der Waals surface area (Å²) in [5, 5.41) is 2.20. The Morgan fingerprint density at radius 1 is 1.07 bits per heavy atom. The zero-order valence-electron chi connectivity index (χ0n) is 13.9. The molecule has 2 bridgehead atoms. The number of alkyl halides is 3. The lowest BCUT2D eigenvalue weighted by Crippen LogP contribution is -2.78. The van der Waals surface area contributed by atoms with E-state index in [1.54, 1.807) is 0 Å². The van der Waals surface area contributed by atoms with Gasteiger partial charge in [0.25, 0.3) is 5.91 Å². The summed E-state index contributed by atoms with van der Waals surface area (Å²) >= 11 is 0. The molecule has 1 aromatic carbocycles. The van der Waals surface area contributed by atoms with Crippen molar-refractivity contribution in [1.29, 1.82) is 0 Å². The predicted octanol–water partition coefficient (Wildman–Crippen LogP) is 4.96. The van der Waals surface area contributed by atoms with Crippen LogP contribution < -0.4 is 5.32 Å². The summed E-state index contributed by atoms with van der Waals surface area (Å²) in [7, 11) is -14.7. The van der Waals surface area contributed by atoms with Crippen molar-refractivity contribution < 1.29 is 45.8 Å². The SMILES string of the molecule is CS(=O)(=O)c1cc(S(F)(F)(F)(F)F)ccc1C(=O)NC12CC(C(F)(F)F)(C1)C2. The van der Waals surface area contributed by atoms with Crippen molar-refractivity contribution >= 4 is 26.0 Å². The Kier molecular flexibility index (Phi) is 3.60. The van der Waals surface area contributed by atoms with Gasteiger partial charge in [-0.05, 0) is 37.5 Å².